The summed E-state index contributed by atoms with van der Waals surface area (Å²) in [7, 11) is 0. The number of aromatic nitrogens is 1. The van der Waals surface area contributed by atoms with Crippen molar-refractivity contribution in [3.63, 3.8) is 0 Å². The van der Waals surface area contributed by atoms with Crippen LogP contribution in [0.1, 0.15) is 35.3 Å². The molecule has 0 amide bonds. The van der Waals surface area contributed by atoms with Crippen molar-refractivity contribution in [3.05, 3.63) is 54.4 Å². The smallest absolute Gasteiger partial charge is 0.273 e. The van der Waals surface area contributed by atoms with Crippen LogP contribution in [0.2, 0.25) is 0 Å². The maximum absolute atomic E-state index is 11.0. The predicted octanol–water partition coefficient (Wildman–Crippen LogP) is 4.23. The first-order valence-electron chi connectivity index (χ1n) is 6.62. The molecule has 0 bridgehead atoms. The second kappa shape index (κ2) is 7.11. The molecule has 1 aromatic carbocycles. The highest BCUT2D eigenvalue weighted by atomic mass is 79.9. The summed E-state index contributed by atoms with van der Waals surface area (Å²) in [6.45, 7) is 4.54. The Kier molecular flexibility index (Phi) is 5.44. The highest BCUT2D eigenvalue weighted by molar-refractivity contribution is 9.10. The predicted molar refractivity (Wildman–Crippen MR) is 87.5 cm³/mol. The van der Waals surface area contributed by atoms with Crippen molar-refractivity contribution < 1.29 is 4.92 Å². The maximum Gasteiger partial charge on any atom is 0.273 e. The summed E-state index contributed by atoms with van der Waals surface area (Å²) in [4.78, 5) is 16.3. The van der Waals surface area contributed by atoms with Crippen molar-refractivity contribution in [2.45, 2.75) is 32.9 Å². The fraction of sp³-hybridized carbons (Fsp3) is 0.357. The first-order chi connectivity index (χ1) is 10.0. The Morgan fingerprint density at radius 3 is 2.90 bits per heavy atom. The molecular formula is C14H16BrN3O2S. The topological polar surface area (TPSA) is 68.1 Å². The molecule has 21 heavy (non-hydrogen) atoms. The van der Waals surface area contributed by atoms with Crippen molar-refractivity contribution in [1.29, 1.82) is 0 Å². The molecule has 0 saturated carbocycles. The highest BCUT2D eigenvalue weighted by Crippen LogP contribution is 2.25. The van der Waals surface area contributed by atoms with Gasteiger partial charge in [-0.3, -0.25) is 10.1 Å². The largest absolute Gasteiger partial charge is 0.304 e. The van der Waals surface area contributed by atoms with Gasteiger partial charge in [0.25, 0.3) is 5.69 Å². The van der Waals surface area contributed by atoms with Crippen LogP contribution < -0.4 is 5.32 Å². The van der Waals surface area contributed by atoms with Crippen LogP contribution in [0.25, 0.3) is 0 Å². The summed E-state index contributed by atoms with van der Waals surface area (Å²) in [6.07, 6.45) is 2.86. The summed E-state index contributed by atoms with van der Waals surface area (Å²) in [5.41, 5.74) is 0.791. The van der Waals surface area contributed by atoms with Crippen LogP contribution in [0.15, 0.2) is 28.9 Å². The van der Waals surface area contributed by atoms with Crippen LogP contribution in [-0.2, 0) is 13.0 Å². The molecule has 0 fully saturated rings. The molecule has 0 aliphatic rings. The standard InChI is InChI=1S/C14H16BrN3O2S/c1-3-12-8-17-14(21-12)9(2)16-7-10-6-11(15)4-5-13(10)18(19)20/h4-6,8-9,16H,3,7H2,1-2H3. The van der Waals surface area contributed by atoms with Gasteiger partial charge in [0.2, 0.25) is 0 Å². The van der Waals surface area contributed by atoms with E-state index in [-0.39, 0.29) is 16.7 Å². The molecule has 5 nitrogen and oxygen atoms in total. The third-order valence-corrected chi connectivity index (χ3v) is 4.94. The van der Waals surface area contributed by atoms with E-state index in [1.807, 2.05) is 13.1 Å². The Balaban J connectivity index is 2.08. The molecule has 1 heterocycles. The summed E-state index contributed by atoms with van der Waals surface area (Å²) in [6, 6.07) is 5.04. The molecular weight excluding hydrogens is 354 g/mol. The molecule has 1 unspecified atom stereocenters. The van der Waals surface area contributed by atoms with Crippen LogP contribution in [0.3, 0.4) is 0 Å². The summed E-state index contributed by atoms with van der Waals surface area (Å²) in [5.74, 6) is 0. The first-order valence-corrected chi connectivity index (χ1v) is 8.23. The molecule has 0 spiro atoms. The quantitative estimate of drug-likeness (QED) is 0.611. The average molecular weight is 370 g/mol. The van der Waals surface area contributed by atoms with Crippen LogP contribution in [0, 0.1) is 10.1 Å². The van der Waals surface area contributed by atoms with Crippen molar-refractivity contribution in [3.8, 4) is 0 Å². The van der Waals surface area contributed by atoms with E-state index < -0.39 is 0 Å². The SMILES string of the molecule is CCc1cnc(C(C)NCc2cc(Br)ccc2[N+](=O)[O-])s1. The number of benzene rings is 1. The van der Waals surface area contributed by atoms with Crippen molar-refractivity contribution in [2.24, 2.45) is 0 Å². The number of nitrogens with one attached hydrogen (secondary N) is 1. The number of hydrogen-bond acceptors (Lipinski definition) is 5. The van der Waals surface area contributed by atoms with E-state index in [1.54, 1.807) is 23.5 Å². The Morgan fingerprint density at radius 1 is 1.52 bits per heavy atom. The van der Waals surface area contributed by atoms with Crippen LogP contribution in [0.5, 0.6) is 0 Å². The highest BCUT2D eigenvalue weighted by Gasteiger charge is 2.16. The Hall–Kier alpha value is -1.31. The van der Waals surface area contributed by atoms with E-state index >= 15 is 0 Å². The lowest BCUT2D eigenvalue weighted by atomic mass is 10.1. The zero-order valence-corrected chi connectivity index (χ0v) is 14.2. The lowest BCUT2D eigenvalue weighted by Crippen LogP contribution is -2.18. The second-order valence-electron chi connectivity index (χ2n) is 4.65. The fourth-order valence-corrected chi connectivity index (χ4v) is 3.20. The van der Waals surface area contributed by atoms with E-state index in [4.69, 9.17) is 0 Å². The lowest BCUT2D eigenvalue weighted by molar-refractivity contribution is -0.385. The molecule has 2 rings (SSSR count). The van der Waals surface area contributed by atoms with E-state index in [0.29, 0.717) is 12.1 Å². The first kappa shape index (κ1) is 16.1. The summed E-state index contributed by atoms with van der Waals surface area (Å²) in [5, 5.41) is 15.3. The van der Waals surface area contributed by atoms with E-state index in [2.05, 4.69) is 33.2 Å². The van der Waals surface area contributed by atoms with Gasteiger partial charge in [-0.25, -0.2) is 4.98 Å². The molecule has 7 heteroatoms. The second-order valence-corrected chi connectivity index (χ2v) is 6.71. The third-order valence-electron chi connectivity index (χ3n) is 3.13. The number of nitrogens with zero attached hydrogens (tertiary/aromatic N) is 2. The number of halogens is 1. The lowest BCUT2D eigenvalue weighted by Gasteiger charge is -2.11. The molecule has 1 atom stereocenters. The molecule has 2 aromatic rings. The monoisotopic (exact) mass is 369 g/mol. The van der Waals surface area contributed by atoms with E-state index in [9.17, 15) is 10.1 Å². The van der Waals surface area contributed by atoms with Crippen molar-refractivity contribution >= 4 is 33.0 Å². The van der Waals surface area contributed by atoms with Gasteiger partial charge in [0.1, 0.15) is 5.01 Å². The van der Waals surface area contributed by atoms with Gasteiger partial charge >= 0.3 is 0 Å². The third kappa shape index (κ3) is 4.09. The van der Waals surface area contributed by atoms with Crippen LogP contribution >= 0.6 is 27.3 Å². The number of nitro benzene ring substituents is 1. The fourth-order valence-electron chi connectivity index (χ4n) is 1.91. The zero-order chi connectivity index (χ0) is 15.4. The van der Waals surface area contributed by atoms with Gasteiger partial charge in [-0.15, -0.1) is 11.3 Å². The van der Waals surface area contributed by atoms with Gasteiger partial charge in [0.15, 0.2) is 0 Å². The summed E-state index contributed by atoms with van der Waals surface area (Å²) < 4.78 is 0.833. The van der Waals surface area contributed by atoms with Crippen LogP contribution in [-0.4, -0.2) is 9.91 Å². The minimum absolute atomic E-state index is 0.0638. The molecule has 0 aliphatic heterocycles. The number of rotatable bonds is 6. The minimum Gasteiger partial charge on any atom is -0.304 e. The number of hydrogen-bond donors (Lipinski definition) is 1. The van der Waals surface area contributed by atoms with Gasteiger partial charge in [0, 0.05) is 33.7 Å². The number of thiazole rings is 1. The minimum atomic E-state index is -0.354. The maximum atomic E-state index is 11.0. The molecule has 1 N–H and O–H groups in total. The van der Waals surface area contributed by atoms with E-state index in [0.717, 1.165) is 15.9 Å². The normalized spacial score (nSPS) is 12.3. The van der Waals surface area contributed by atoms with Gasteiger partial charge < -0.3 is 5.32 Å². The van der Waals surface area contributed by atoms with Gasteiger partial charge in [0.05, 0.1) is 11.0 Å². The molecule has 1 aromatic heterocycles. The van der Waals surface area contributed by atoms with Crippen molar-refractivity contribution in [2.75, 3.05) is 0 Å². The molecule has 0 saturated heterocycles. The van der Waals surface area contributed by atoms with Crippen LogP contribution in [0.4, 0.5) is 5.69 Å². The van der Waals surface area contributed by atoms with E-state index in [1.165, 1.54) is 10.9 Å². The van der Waals surface area contributed by atoms with Gasteiger partial charge in [-0.1, -0.05) is 22.9 Å². The molecule has 112 valence electrons. The molecule has 0 aliphatic carbocycles. The number of nitro groups is 1. The Morgan fingerprint density at radius 2 is 2.29 bits per heavy atom. The zero-order valence-electron chi connectivity index (χ0n) is 11.8. The summed E-state index contributed by atoms with van der Waals surface area (Å²) >= 11 is 5.02. The van der Waals surface area contributed by atoms with Crippen molar-refractivity contribution in [1.82, 2.24) is 10.3 Å². The Labute approximate surface area is 135 Å². The van der Waals surface area contributed by atoms with Gasteiger partial charge in [-0.2, -0.15) is 0 Å². The average Bonchev–Trinajstić information content (AvgIpc) is 2.93. The van der Waals surface area contributed by atoms with Gasteiger partial charge in [-0.05, 0) is 25.5 Å². The number of aryl methyl sites for hydroxylation is 1. The molecule has 0 radical (unpaired) electrons. The Bertz CT molecular complexity index is 645.